The first-order valence-corrected chi connectivity index (χ1v) is 8.34. The number of aryl methyl sites for hydroxylation is 1. The molecule has 0 unspecified atom stereocenters. The number of nitrogens with zero attached hydrogens (tertiary/aromatic N) is 2. The summed E-state index contributed by atoms with van der Waals surface area (Å²) >= 11 is 0. The van der Waals surface area contributed by atoms with Crippen LogP contribution in [0.1, 0.15) is 24.5 Å². The van der Waals surface area contributed by atoms with E-state index in [2.05, 4.69) is 4.28 Å². The van der Waals surface area contributed by atoms with E-state index >= 15 is 0 Å². The molecule has 0 spiro atoms. The summed E-state index contributed by atoms with van der Waals surface area (Å²) in [5, 5.41) is 2.05. The second kappa shape index (κ2) is 7.39. The number of carbonyl (C=O) groups excluding carboxylic acids is 1. The fourth-order valence-electron chi connectivity index (χ4n) is 1.75. The van der Waals surface area contributed by atoms with Gasteiger partial charge in [-0.2, -0.15) is 13.4 Å². The van der Waals surface area contributed by atoms with Gasteiger partial charge < -0.3 is 5.73 Å². The predicted molar refractivity (Wildman–Crippen MR) is 79.2 cm³/mol. The number of hydroxylamine groups is 1. The van der Waals surface area contributed by atoms with Crippen molar-refractivity contribution in [3.05, 3.63) is 35.4 Å². The molecule has 7 nitrogen and oxygen atoms in total. The van der Waals surface area contributed by atoms with E-state index < -0.39 is 16.1 Å². The first kappa shape index (κ1) is 17.4. The molecule has 1 aromatic carbocycles. The number of primary amides is 1. The molecule has 0 atom stereocenters. The van der Waals surface area contributed by atoms with Crippen molar-refractivity contribution in [2.45, 2.75) is 26.8 Å². The van der Waals surface area contributed by atoms with Crippen molar-refractivity contribution >= 4 is 16.1 Å². The van der Waals surface area contributed by atoms with Gasteiger partial charge in [0.05, 0.1) is 6.26 Å². The van der Waals surface area contributed by atoms with Gasteiger partial charge >= 0.3 is 6.03 Å². The Balaban J connectivity index is 2.95. The van der Waals surface area contributed by atoms with E-state index in [0.29, 0.717) is 24.7 Å². The second-order valence-electron chi connectivity index (χ2n) is 4.76. The molecule has 1 rings (SSSR count). The van der Waals surface area contributed by atoms with Gasteiger partial charge in [0.2, 0.25) is 0 Å². The van der Waals surface area contributed by atoms with Crippen LogP contribution in [-0.4, -0.2) is 37.4 Å². The molecule has 0 radical (unpaired) electrons. The number of amides is 2. The topological polar surface area (TPSA) is 92.9 Å². The fraction of sp³-hybridized carbons (Fsp3) is 0.462. The molecule has 1 aromatic rings. The molecule has 0 heterocycles. The van der Waals surface area contributed by atoms with Crippen molar-refractivity contribution in [1.82, 2.24) is 10.2 Å². The average molecular weight is 315 g/mol. The Bertz CT molecular complexity index is 572. The molecule has 0 fully saturated rings. The summed E-state index contributed by atoms with van der Waals surface area (Å²) < 4.78 is 27.2. The Kier molecular flexibility index (Phi) is 6.13. The van der Waals surface area contributed by atoms with Crippen LogP contribution in [0.15, 0.2) is 24.3 Å². The lowest BCUT2D eigenvalue weighted by Gasteiger charge is -2.30. The molecular formula is C13H21N3O4S. The molecule has 0 saturated heterocycles. The van der Waals surface area contributed by atoms with Gasteiger partial charge in [0.1, 0.15) is 0 Å². The van der Waals surface area contributed by atoms with E-state index in [1.165, 1.54) is 5.01 Å². The first-order valence-electron chi connectivity index (χ1n) is 6.52. The molecule has 0 aliphatic carbocycles. The summed E-state index contributed by atoms with van der Waals surface area (Å²) in [7, 11) is -3.85. The summed E-state index contributed by atoms with van der Waals surface area (Å²) in [4.78, 5) is 11.5. The minimum absolute atomic E-state index is 0.312. The molecule has 0 aliphatic heterocycles. The van der Waals surface area contributed by atoms with Crippen LogP contribution in [0, 0.1) is 6.92 Å². The van der Waals surface area contributed by atoms with Crippen LogP contribution in [0.4, 0.5) is 4.79 Å². The highest BCUT2D eigenvalue weighted by Gasteiger charge is 2.24. The zero-order valence-electron chi connectivity index (χ0n) is 12.4. The summed E-state index contributed by atoms with van der Waals surface area (Å²) in [5.74, 6) is 0. The molecule has 0 bridgehead atoms. The summed E-state index contributed by atoms with van der Waals surface area (Å²) in [5.41, 5.74) is 7.23. The van der Waals surface area contributed by atoms with Crippen LogP contribution in [0.3, 0.4) is 0 Å². The number of hydrazine groups is 1. The zero-order chi connectivity index (χ0) is 16.0. The van der Waals surface area contributed by atoms with Crippen molar-refractivity contribution in [2.75, 3.05) is 12.8 Å². The number of benzene rings is 1. The van der Waals surface area contributed by atoms with Crippen molar-refractivity contribution in [3.63, 3.8) is 0 Å². The van der Waals surface area contributed by atoms with Crippen LogP contribution in [0.5, 0.6) is 0 Å². The third-order valence-corrected chi connectivity index (χ3v) is 3.03. The Morgan fingerprint density at radius 3 is 2.29 bits per heavy atom. The smallest absolute Gasteiger partial charge is 0.348 e. The molecular weight excluding hydrogens is 294 g/mol. The van der Waals surface area contributed by atoms with Crippen LogP contribution in [0.25, 0.3) is 0 Å². The van der Waals surface area contributed by atoms with E-state index in [9.17, 15) is 13.2 Å². The number of hydrogen-bond donors (Lipinski definition) is 1. The minimum Gasteiger partial charge on any atom is -0.348 e. The summed E-state index contributed by atoms with van der Waals surface area (Å²) in [6.45, 7) is 4.61. The average Bonchev–Trinajstić information content (AvgIpc) is 2.37. The van der Waals surface area contributed by atoms with Crippen molar-refractivity contribution < 1.29 is 17.5 Å². The van der Waals surface area contributed by atoms with Crippen LogP contribution < -0.4 is 5.73 Å². The van der Waals surface area contributed by atoms with Gasteiger partial charge in [-0.3, -0.25) is 0 Å². The van der Waals surface area contributed by atoms with Crippen molar-refractivity contribution in [1.29, 1.82) is 0 Å². The van der Waals surface area contributed by atoms with Gasteiger partial charge in [-0.05, 0) is 18.9 Å². The van der Waals surface area contributed by atoms with Crippen LogP contribution in [0.2, 0.25) is 0 Å². The summed E-state index contributed by atoms with van der Waals surface area (Å²) in [6.07, 6.45) is 1.56. The van der Waals surface area contributed by atoms with Gasteiger partial charge in [0.25, 0.3) is 10.1 Å². The van der Waals surface area contributed by atoms with E-state index in [1.807, 2.05) is 38.1 Å². The Morgan fingerprint density at radius 1 is 1.29 bits per heavy atom. The number of nitrogens with two attached hydrogens (primary N) is 1. The highest BCUT2D eigenvalue weighted by molar-refractivity contribution is 7.85. The lowest BCUT2D eigenvalue weighted by molar-refractivity contribution is -0.173. The second-order valence-corrected chi connectivity index (χ2v) is 6.32. The number of carbonyl (C=O) groups is 1. The predicted octanol–water partition coefficient (Wildman–Crippen LogP) is 1.39. The Hall–Kier alpha value is -1.64. The standard InChI is InChI=1S/C13H21N3O4S/c1-4-9-15(10-12-7-5-11(2)6-8-12)16(13(14)17)20-21(3,18)19/h5-8H,4,9-10H2,1-3H3,(H2,14,17). The van der Waals surface area contributed by atoms with Gasteiger partial charge in [0.15, 0.2) is 0 Å². The molecule has 21 heavy (non-hydrogen) atoms. The van der Waals surface area contributed by atoms with E-state index in [0.717, 1.165) is 17.4 Å². The molecule has 8 heteroatoms. The number of urea groups is 1. The van der Waals surface area contributed by atoms with Gasteiger partial charge in [-0.1, -0.05) is 36.8 Å². The maximum absolute atomic E-state index is 11.5. The van der Waals surface area contributed by atoms with E-state index in [1.54, 1.807) is 0 Å². The lowest BCUT2D eigenvalue weighted by Crippen LogP contribution is -2.49. The monoisotopic (exact) mass is 315 g/mol. The maximum atomic E-state index is 11.5. The summed E-state index contributed by atoms with van der Waals surface area (Å²) in [6, 6.07) is 6.69. The zero-order valence-corrected chi connectivity index (χ0v) is 13.3. The van der Waals surface area contributed by atoms with Gasteiger partial charge in [-0.25, -0.2) is 4.79 Å². The third kappa shape index (κ3) is 6.11. The van der Waals surface area contributed by atoms with Gasteiger partial charge in [-0.15, -0.1) is 9.46 Å². The number of hydrogen-bond acceptors (Lipinski definition) is 5. The van der Waals surface area contributed by atoms with Gasteiger partial charge in [0, 0.05) is 13.1 Å². The third-order valence-electron chi connectivity index (χ3n) is 2.62. The molecule has 118 valence electrons. The molecule has 2 N–H and O–H groups in total. The maximum Gasteiger partial charge on any atom is 0.355 e. The normalized spacial score (nSPS) is 11.6. The highest BCUT2D eigenvalue weighted by atomic mass is 32.2. The highest BCUT2D eigenvalue weighted by Crippen LogP contribution is 2.12. The first-order chi connectivity index (χ1) is 9.73. The SMILES string of the molecule is CCCN(Cc1ccc(C)cc1)N(OS(C)(=O)=O)C(N)=O. The number of rotatable bonds is 7. The Morgan fingerprint density at radius 2 is 1.86 bits per heavy atom. The van der Waals surface area contributed by atoms with Crippen molar-refractivity contribution in [3.8, 4) is 0 Å². The van der Waals surface area contributed by atoms with Crippen LogP contribution in [-0.2, 0) is 20.9 Å². The molecule has 0 saturated carbocycles. The molecule has 0 aromatic heterocycles. The van der Waals surface area contributed by atoms with Crippen molar-refractivity contribution in [2.24, 2.45) is 5.73 Å². The molecule has 2 amide bonds. The van der Waals surface area contributed by atoms with Crippen LogP contribution >= 0.6 is 0 Å². The largest absolute Gasteiger partial charge is 0.355 e. The van der Waals surface area contributed by atoms with E-state index in [-0.39, 0.29) is 0 Å². The molecule has 0 aliphatic rings. The lowest BCUT2D eigenvalue weighted by atomic mass is 10.1. The Labute approximate surface area is 125 Å². The minimum atomic E-state index is -3.85. The quantitative estimate of drug-likeness (QED) is 0.768. The van der Waals surface area contributed by atoms with E-state index in [4.69, 9.17) is 5.73 Å². The fourth-order valence-corrected chi connectivity index (χ4v) is 2.17.